The van der Waals surface area contributed by atoms with Gasteiger partial charge in [0.05, 0.1) is 0 Å². The SMILES string of the molecule is CCC(=O)C1(C(=O)NC2CCCN(CC(F)(F)F)C2=O)CC1. The van der Waals surface area contributed by atoms with Crippen LogP contribution in [-0.2, 0) is 14.4 Å². The average Bonchev–Trinajstić information content (AvgIpc) is 3.22. The molecule has 5 nitrogen and oxygen atoms in total. The lowest BCUT2D eigenvalue weighted by atomic mass is 9.96. The van der Waals surface area contributed by atoms with Crippen LogP contribution in [0.4, 0.5) is 13.2 Å². The monoisotopic (exact) mass is 320 g/mol. The Morgan fingerprint density at radius 1 is 1.36 bits per heavy atom. The van der Waals surface area contributed by atoms with Crippen LogP contribution in [0.25, 0.3) is 0 Å². The van der Waals surface area contributed by atoms with Gasteiger partial charge < -0.3 is 10.2 Å². The molecule has 0 spiro atoms. The molecule has 2 aliphatic rings. The maximum absolute atomic E-state index is 12.4. The first-order valence-electron chi connectivity index (χ1n) is 7.39. The summed E-state index contributed by atoms with van der Waals surface area (Å²) in [5.74, 6) is -1.43. The number of nitrogens with zero attached hydrogens (tertiary/aromatic N) is 1. The van der Waals surface area contributed by atoms with E-state index in [0.717, 1.165) is 4.90 Å². The van der Waals surface area contributed by atoms with Crippen LogP contribution in [0.5, 0.6) is 0 Å². The minimum Gasteiger partial charge on any atom is -0.343 e. The van der Waals surface area contributed by atoms with Gasteiger partial charge in [0.15, 0.2) is 0 Å². The molecule has 2 rings (SSSR count). The van der Waals surface area contributed by atoms with Gasteiger partial charge in [0, 0.05) is 13.0 Å². The number of hydrogen-bond acceptors (Lipinski definition) is 3. The third kappa shape index (κ3) is 3.41. The van der Waals surface area contributed by atoms with Gasteiger partial charge >= 0.3 is 6.18 Å². The minimum atomic E-state index is -4.46. The number of alkyl halides is 3. The van der Waals surface area contributed by atoms with Crippen LogP contribution in [-0.4, -0.2) is 47.8 Å². The predicted molar refractivity (Wildman–Crippen MR) is 70.8 cm³/mol. The summed E-state index contributed by atoms with van der Waals surface area (Å²) in [5.41, 5.74) is -1.05. The van der Waals surface area contributed by atoms with Crippen molar-refractivity contribution < 1.29 is 27.6 Å². The van der Waals surface area contributed by atoms with Crippen LogP contribution in [0.15, 0.2) is 0 Å². The zero-order valence-electron chi connectivity index (χ0n) is 12.3. The highest BCUT2D eigenvalue weighted by molar-refractivity contribution is 6.09. The molecule has 2 fully saturated rings. The number of Topliss-reactive ketones (excluding diaryl/α,β-unsaturated/α-hetero) is 1. The zero-order valence-corrected chi connectivity index (χ0v) is 12.3. The van der Waals surface area contributed by atoms with E-state index in [0.29, 0.717) is 25.7 Å². The van der Waals surface area contributed by atoms with E-state index in [1.807, 2.05) is 0 Å². The van der Waals surface area contributed by atoms with E-state index in [1.54, 1.807) is 6.92 Å². The van der Waals surface area contributed by atoms with Gasteiger partial charge in [0.25, 0.3) is 0 Å². The summed E-state index contributed by atoms with van der Waals surface area (Å²) in [4.78, 5) is 36.8. The number of rotatable bonds is 5. The second-order valence-electron chi connectivity index (χ2n) is 5.90. The summed E-state index contributed by atoms with van der Waals surface area (Å²) in [6.07, 6.45) is -2.65. The molecule has 1 unspecified atom stereocenters. The molecule has 0 bridgehead atoms. The van der Waals surface area contributed by atoms with Gasteiger partial charge in [0.2, 0.25) is 11.8 Å². The Bertz CT molecular complexity index is 486. The van der Waals surface area contributed by atoms with E-state index < -0.39 is 36.0 Å². The first-order chi connectivity index (χ1) is 10.2. The number of amides is 2. The molecule has 1 N–H and O–H groups in total. The quantitative estimate of drug-likeness (QED) is 0.779. The van der Waals surface area contributed by atoms with Crippen molar-refractivity contribution in [1.82, 2.24) is 10.2 Å². The van der Waals surface area contributed by atoms with Crippen molar-refractivity contribution in [3.63, 3.8) is 0 Å². The number of ketones is 1. The molecular weight excluding hydrogens is 301 g/mol. The molecule has 1 heterocycles. The number of likely N-dealkylation sites (tertiary alicyclic amines) is 1. The molecule has 1 saturated heterocycles. The molecule has 2 amide bonds. The second kappa shape index (κ2) is 5.89. The highest BCUT2D eigenvalue weighted by Crippen LogP contribution is 2.47. The Kier molecular flexibility index (Phi) is 4.49. The van der Waals surface area contributed by atoms with Crippen LogP contribution < -0.4 is 5.32 Å². The summed E-state index contributed by atoms with van der Waals surface area (Å²) in [6, 6.07) is -0.967. The fraction of sp³-hybridized carbons (Fsp3) is 0.786. The summed E-state index contributed by atoms with van der Waals surface area (Å²) in [5, 5.41) is 2.48. The molecule has 1 atom stereocenters. The maximum Gasteiger partial charge on any atom is 0.406 e. The lowest BCUT2D eigenvalue weighted by molar-refractivity contribution is -0.165. The molecule has 0 aromatic heterocycles. The first-order valence-corrected chi connectivity index (χ1v) is 7.39. The van der Waals surface area contributed by atoms with Crippen LogP contribution in [0, 0.1) is 5.41 Å². The molecule has 124 valence electrons. The maximum atomic E-state index is 12.4. The molecule has 1 aliphatic heterocycles. The van der Waals surface area contributed by atoms with E-state index >= 15 is 0 Å². The van der Waals surface area contributed by atoms with Gasteiger partial charge in [-0.15, -0.1) is 0 Å². The Morgan fingerprint density at radius 3 is 2.50 bits per heavy atom. The van der Waals surface area contributed by atoms with Crippen molar-refractivity contribution in [2.24, 2.45) is 5.41 Å². The normalized spacial score (nSPS) is 24.1. The Balaban J connectivity index is 1.99. The Morgan fingerprint density at radius 2 is 2.00 bits per heavy atom. The summed E-state index contributed by atoms with van der Waals surface area (Å²) >= 11 is 0. The summed E-state index contributed by atoms with van der Waals surface area (Å²) in [6.45, 7) is 0.382. The van der Waals surface area contributed by atoms with E-state index in [9.17, 15) is 27.6 Å². The second-order valence-corrected chi connectivity index (χ2v) is 5.90. The van der Waals surface area contributed by atoms with Crippen LogP contribution in [0.3, 0.4) is 0 Å². The Hall–Kier alpha value is -1.60. The molecular formula is C14H19F3N2O3. The largest absolute Gasteiger partial charge is 0.406 e. The van der Waals surface area contributed by atoms with Gasteiger partial charge in [-0.1, -0.05) is 6.92 Å². The number of piperidine rings is 1. The number of carbonyl (C=O) groups excluding carboxylic acids is 3. The summed E-state index contributed by atoms with van der Waals surface area (Å²) in [7, 11) is 0. The van der Waals surface area contributed by atoms with Gasteiger partial charge in [-0.2, -0.15) is 13.2 Å². The van der Waals surface area contributed by atoms with Gasteiger partial charge in [-0.25, -0.2) is 0 Å². The van der Waals surface area contributed by atoms with Crippen molar-refractivity contribution in [3.05, 3.63) is 0 Å². The molecule has 1 aliphatic carbocycles. The van der Waals surface area contributed by atoms with E-state index in [4.69, 9.17) is 0 Å². The number of nitrogens with one attached hydrogen (secondary N) is 1. The molecule has 0 aromatic carbocycles. The van der Waals surface area contributed by atoms with Crippen molar-refractivity contribution in [2.45, 2.75) is 51.2 Å². The topological polar surface area (TPSA) is 66.5 Å². The fourth-order valence-corrected chi connectivity index (χ4v) is 2.84. The number of carbonyl (C=O) groups is 3. The third-order valence-electron chi connectivity index (χ3n) is 4.25. The lowest BCUT2D eigenvalue weighted by Gasteiger charge is -2.33. The summed E-state index contributed by atoms with van der Waals surface area (Å²) < 4.78 is 37.3. The first kappa shape index (κ1) is 16.8. The standard InChI is InChI=1S/C14H19F3N2O3/c1-2-10(20)13(5-6-13)12(22)18-9-4-3-7-19(11(9)21)8-14(15,16)17/h9H,2-8H2,1H3,(H,18,22). The van der Waals surface area contributed by atoms with Crippen LogP contribution >= 0.6 is 0 Å². The van der Waals surface area contributed by atoms with Crippen molar-refractivity contribution >= 4 is 17.6 Å². The predicted octanol–water partition coefficient (Wildman–Crippen LogP) is 1.42. The average molecular weight is 320 g/mol. The van der Waals surface area contributed by atoms with E-state index in [1.165, 1.54) is 0 Å². The smallest absolute Gasteiger partial charge is 0.343 e. The molecule has 0 radical (unpaired) electrons. The highest BCUT2D eigenvalue weighted by Gasteiger charge is 2.55. The number of halogens is 3. The molecule has 1 saturated carbocycles. The van der Waals surface area contributed by atoms with Crippen molar-refractivity contribution in [2.75, 3.05) is 13.1 Å². The number of hydrogen-bond donors (Lipinski definition) is 1. The minimum absolute atomic E-state index is 0.0315. The zero-order chi connectivity index (χ0) is 16.5. The van der Waals surface area contributed by atoms with Gasteiger partial charge in [-0.3, -0.25) is 14.4 Å². The fourth-order valence-electron chi connectivity index (χ4n) is 2.84. The van der Waals surface area contributed by atoms with Crippen molar-refractivity contribution in [3.8, 4) is 0 Å². The van der Waals surface area contributed by atoms with Crippen molar-refractivity contribution in [1.29, 1.82) is 0 Å². The molecule has 8 heteroatoms. The van der Waals surface area contributed by atoms with Gasteiger partial charge in [-0.05, 0) is 25.7 Å². The Labute approximate surface area is 126 Å². The van der Waals surface area contributed by atoms with E-state index in [-0.39, 0.29) is 18.7 Å². The lowest BCUT2D eigenvalue weighted by Crippen LogP contribution is -2.55. The van der Waals surface area contributed by atoms with Crippen LogP contribution in [0.2, 0.25) is 0 Å². The van der Waals surface area contributed by atoms with E-state index in [2.05, 4.69) is 5.32 Å². The molecule has 22 heavy (non-hydrogen) atoms. The van der Waals surface area contributed by atoms with Gasteiger partial charge in [0.1, 0.15) is 23.8 Å². The van der Waals surface area contributed by atoms with Crippen LogP contribution in [0.1, 0.15) is 39.0 Å². The molecule has 0 aromatic rings. The highest BCUT2D eigenvalue weighted by atomic mass is 19.4. The third-order valence-corrected chi connectivity index (χ3v) is 4.25.